The van der Waals surface area contributed by atoms with Crippen LogP contribution in [0.5, 0.6) is 0 Å². The van der Waals surface area contributed by atoms with E-state index in [0.717, 1.165) is 12.8 Å². The molecule has 0 aromatic rings. The summed E-state index contributed by atoms with van der Waals surface area (Å²) < 4.78 is 24.6. The number of nitrogens with one attached hydrogen (secondary N) is 1. The van der Waals surface area contributed by atoms with Crippen molar-refractivity contribution in [2.45, 2.75) is 26.7 Å². The highest BCUT2D eigenvalue weighted by Gasteiger charge is 2.29. The third-order valence-corrected chi connectivity index (χ3v) is 3.35. The summed E-state index contributed by atoms with van der Waals surface area (Å²) in [7, 11) is -3.36. The molecule has 0 spiro atoms. The van der Waals surface area contributed by atoms with Crippen molar-refractivity contribution in [1.29, 1.82) is 0 Å². The predicted molar refractivity (Wildman–Crippen MR) is 49.5 cm³/mol. The van der Waals surface area contributed by atoms with E-state index in [1.54, 1.807) is 13.8 Å². The standard InChI is InChI=1S/C8H15NO3S/c1-6(2)8(10)9-13(11,12)5-7-3-4-7/h6-7H,3-5H2,1-2H3,(H,9,10). The molecule has 5 heteroatoms. The molecule has 0 bridgehead atoms. The van der Waals surface area contributed by atoms with Crippen LogP contribution in [-0.4, -0.2) is 20.1 Å². The van der Waals surface area contributed by atoms with Crippen molar-refractivity contribution in [2.24, 2.45) is 11.8 Å². The zero-order chi connectivity index (χ0) is 10.1. The van der Waals surface area contributed by atoms with Crippen LogP contribution in [0.1, 0.15) is 26.7 Å². The lowest BCUT2D eigenvalue weighted by Gasteiger charge is -2.07. The third-order valence-electron chi connectivity index (χ3n) is 1.93. The Morgan fingerprint density at radius 1 is 1.46 bits per heavy atom. The second-order valence-corrected chi connectivity index (χ2v) is 5.61. The average molecular weight is 205 g/mol. The van der Waals surface area contributed by atoms with E-state index in [2.05, 4.69) is 4.72 Å². The number of carbonyl (C=O) groups excluding carboxylic acids is 1. The first-order valence-electron chi connectivity index (χ1n) is 4.45. The number of rotatable bonds is 4. The molecule has 1 aliphatic rings. The predicted octanol–water partition coefficient (Wildman–Crippen LogP) is 0.498. The summed E-state index contributed by atoms with van der Waals surface area (Å²) >= 11 is 0. The van der Waals surface area contributed by atoms with Crippen LogP contribution in [0.25, 0.3) is 0 Å². The molecule has 76 valence electrons. The summed E-state index contributed by atoms with van der Waals surface area (Å²) in [6.07, 6.45) is 1.94. The fourth-order valence-electron chi connectivity index (χ4n) is 0.908. The molecule has 0 radical (unpaired) electrons. The molecule has 0 saturated heterocycles. The van der Waals surface area contributed by atoms with Gasteiger partial charge in [0.05, 0.1) is 5.75 Å². The van der Waals surface area contributed by atoms with Crippen molar-refractivity contribution in [1.82, 2.24) is 4.72 Å². The zero-order valence-electron chi connectivity index (χ0n) is 7.91. The van der Waals surface area contributed by atoms with Crippen molar-refractivity contribution >= 4 is 15.9 Å². The Hall–Kier alpha value is -0.580. The minimum absolute atomic E-state index is 0.103. The van der Waals surface area contributed by atoms with E-state index < -0.39 is 15.9 Å². The summed E-state index contributed by atoms with van der Waals surface area (Å²) in [6, 6.07) is 0. The van der Waals surface area contributed by atoms with Crippen LogP contribution in [0.15, 0.2) is 0 Å². The van der Waals surface area contributed by atoms with Gasteiger partial charge in [0.1, 0.15) is 0 Å². The maximum atomic E-state index is 11.3. The highest BCUT2D eigenvalue weighted by Crippen LogP contribution is 2.29. The van der Waals surface area contributed by atoms with Crippen LogP contribution >= 0.6 is 0 Å². The largest absolute Gasteiger partial charge is 0.274 e. The van der Waals surface area contributed by atoms with Gasteiger partial charge in [0.15, 0.2) is 0 Å². The number of hydrogen-bond donors (Lipinski definition) is 1. The molecule has 0 atom stereocenters. The van der Waals surface area contributed by atoms with Gasteiger partial charge < -0.3 is 0 Å². The van der Waals surface area contributed by atoms with Gasteiger partial charge in [-0.05, 0) is 18.8 Å². The van der Waals surface area contributed by atoms with Crippen LogP contribution in [0.3, 0.4) is 0 Å². The molecule has 0 aromatic carbocycles. The molecule has 0 aliphatic heterocycles. The monoisotopic (exact) mass is 205 g/mol. The average Bonchev–Trinajstić information content (AvgIpc) is 2.69. The maximum absolute atomic E-state index is 11.3. The van der Waals surface area contributed by atoms with Crippen molar-refractivity contribution in [2.75, 3.05) is 5.75 Å². The molecule has 1 saturated carbocycles. The SMILES string of the molecule is CC(C)C(=O)NS(=O)(=O)CC1CC1. The molecule has 0 aromatic heterocycles. The number of amides is 1. The van der Waals surface area contributed by atoms with Gasteiger partial charge in [-0.3, -0.25) is 9.52 Å². The molecular weight excluding hydrogens is 190 g/mol. The van der Waals surface area contributed by atoms with Gasteiger partial charge in [-0.25, -0.2) is 8.42 Å². The van der Waals surface area contributed by atoms with Crippen LogP contribution < -0.4 is 4.72 Å². The second-order valence-electron chi connectivity index (χ2n) is 3.85. The summed E-state index contributed by atoms with van der Waals surface area (Å²) in [4.78, 5) is 11.1. The normalized spacial score (nSPS) is 17.5. The molecule has 1 amide bonds. The van der Waals surface area contributed by atoms with Crippen LogP contribution in [0.4, 0.5) is 0 Å². The van der Waals surface area contributed by atoms with Gasteiger partial charge >= 0.3 is 0 Å². The molecule has 1 N–H and O–H groups in total. The van der Waals surface area contributed by atoms with E-state index in [9.17, 15) is 13.2 Å². The third kappa shape index (κ3) is 3.76. The van der Waals surface area contributed by atoms with E-state index >= 15 is 0 Å². The molecule has 1 rings (SSSR count). The second kappa shape index (κ2) is 3.65. The van der Waals surface area contributed by atoms with Crippen molar-refractivity contribution in [3.8, 4) is 0 Å². The van der Waals surface area contributed by atoms with Gasteiger partial charge in [-0.2, -0.15) is 0 Å². The van der Waals surface area contributed by atoms with Crippen molar-refractivity contribution in [3.63, 3.8) is 0 Å². The molecule has 13 heavy (non-hydrogen) atoms. The van der Waals surface area contributed by atoms with E-state index in [1.165, 1.54) is 0 Å². The summed E-state index contributed by atoms with van der Waals surface area (Å²) in [6.45, 7) is 3.34. The Morgan fingerprint density at radius 2 is 2.00 bits per heavy atom. The molecule has 4 nitrogen and oxygen atoms in total. The van der Waals surface area contributed by atoms with Crippen molar-refractivity contribution < 1.29 is 13.2 Å². The first kappa shape index (κ1) is 10.5. The van der Waals surface area contributed by atoms with Gasteiger partial charge in [0, 0.05) is 5.92 Å². The fourth-order valence-corrected chi connectivity index (χ4v) is 2.49. The quantitative estimate of drug-likeness (QED) is 0.727. The van der Waals surface area contributed by atoms with E-state index in [0.29, 0.717) is 0 Å². The lowest BCUT2D eigenvalue weighted by Crippen LogP contribution is -2.35. The van der Waals surface area contributed by atoms with Gasteiger partial charge in [-0.1, -0.05) is 13.8 Å². The fraction of sp³-hybridized carbons (Fsp3) is 0.875. The molecule has 1 fully saturated rings. The van der Waals surface area contributed by atoms with Crippen LogP contribution in [-0.2, 0) is 14.8 Å². The van der Waals surface area contributed by atoms with Gasteiger partial charge in [0.2, 0.25) is 15.9 Å². The number of carbonyl (C=O) groups is 1. The maximum Gasteiger partial charge on any atom is 0.235 e. The molecule has 0 heterocycles. The Bertz CT molecular complexity index is 291. The van der Waals surface area contributed by atoms with E-state index in [1.807, 2.05) is 0 Å². The Morgan fingerprint density at radius 3 is 2.38 bits per heavy atom. The van der Waals surface area contributed by atoms with Crippen molar-refractivity contribution in [3.05, 3.63) is 0 Å². The first-order chi connectivity index (χ1) is 5.91. The summed E-state index contributed by atoms with van der Waals surface area (Å²) in [5.41, 5.74) is 0. The minimum atomic E-state index is -3.36. The summed E-state index contributed by atoms with van der Waals surface area (Å²) in [5.74, 6) is -0.321. The molecule has 0 unspecified atom stereocenters. The lowest BCUT2D eigenvalue weighted by molar-refractivity contribution is -0.122. The zero-order valence-corrected chi connectivity index (χ0v) is 8.73. The Labute approximate surface area is 78.8 Å². The van der Waals surface area contributed by atoms with Gasteiger partial charge in [0.25, 0.3) is 0 Å². The Balaban J connectivity index is 2.45. The number of sulfonamides is 1. The molecular formula is C8H15NO3S. The first-order valence-corrected chi connectivity index (χ1v) is 6.10. The molecule has 1 aliphatic carbocycles. The van der Waals surface area contributed by atoms with E-state index in [-0.39, 0.29) is 17.6 Å². The lowest BCUT2D eigenvalue weighted by atomic mass is 10.2. The minimum Gasteiger partial charge on any atom is -0.274 e. The summed E-state index contributed by atoms with van der Waals surface area (Å²) in [5, 5.41) is 0. The highest BCUT2D eigenvalue weighted by atomic mass is 32.2. The van der Waals surface area contributed by atoms with E-state index in [4.69, 9.17) is 0 Å². The smallest absolute Gasteiger partial charge is 0.235 e. The topological polar surface area (TPSA) is 63.2 Å². The Kier molecular flexibility index (Phi) is 2.95. The van der Waals surface area contributed by atoms with Crippen LogP contribution in [0.2, 0.25) is 0 Å². The van der Waals surface area contributed by atoms with Gasteiger partial charge in [-0.15, -0.1) is 0 Å². The highest BCUT2D eigenvalue weighted by molar-refractivity contribution is 7.90. The van der Waals surface area contributed by atoms with Crippen LogP contribution in [0, 0.1) is 11.8 Å². The number of hydrogen-bond acceptors (Lipinski definition) is 3.